The van der Waals surface area contributed by atoms with Crippen molar-refractivity contribution in [2.75, 3.05) is 0 Å². The predicted molar refractivity (Wildman–Crippen MR) is 54.0 cm³/mol. The molecule has 0 aliphatic carbocycles. The normalized spacial score (nSPS) is 8.36. The van der Waals surface area contributed by atoms with Crippen LogP contribution < -0.4 is 0 Å². The molecule has 0 heterocycles. The van der Waals surface area contributed by atoms with E-state index >= 15 is 0 Å². The van der Waals surface area contributed by atoms with Crippen LogP contribution >= 0.6 is 28.0 Å². The van der Waals surface area contributed by atoms with Crippen molar-refractivity contribution in [3.63, 3.8) is 0 Å². The van der Waals surface area contributed by atoms with Crippen molar-refractivity contribution >= 4 is 28.0 Å². The van der Waals surface area contributed by atoms with Gasteiger partial charge in [-0.2, -0.15) is 0 Å². The van der Waals surface area contributed by atoms with Gasteiger partial charge >= 0.3 is 0 Å². The zero-order chi connectivity index (χ0) is 8.69. The second kappa shape index (κ2) is 6.70. The van der Waals surface area contributed by atoms with Gasteiger partial charge in [-0.1, -0.05) is 29.8 Å². The molecule has 0 atom stereocenters. The molecular weight excluding hydrogens is 224 g/mol. The quantitative estimate of drug-likeness (QED) is 0.741. The van der Waals surface area contributed by atoms with Gasteiger partial charge in [0.25, 0.3) is 0 Å². The van der Waals surface area contributed by atoms with E-state index in [0.29, 0.717) is 0 Å². The number of benzene rings is 1. The standard InChI is InChI=1S/C6H5BrOS.C2H6/c7-5-1-3-6(9-8)4-2-5;1-2/h1-4,8H;1-2H3. The molecule has 0 saturated carbocycles. The molecule has 0 aliphatic rings. The monoisotopic (exact) mass is 234 g/mol. The lowest BCUT2D eigenvalue weighted by atomic mass is 10.4. The molecule has 0 aromatic heterocycles. The van der Waals surface area contributed by atoms with Gasteiger partial charge in [0.1, 0.15) is 0 Å². The maximum Gasteiger partial charge on any atom is 0.0351 e. The third-order valence-electron chi connectivity index (χ3n) is 0.919. The van der Waals surface area contributed by atoms with Crippen LogP contribution in [0.15, 0.2) is 33.6 Å². The third-order valence-corrected chi connectivity index (χ3v) is 1.93. The van der Waals surface area contributed by atoms with E-state index in [1.165, 1.54) is 0 Å². The Balaban J connectivity index is 0.000000461. The van der Waals surface area contributed by atoms with Gasteiger partial charge in [0, 0.05) is 21.4 Å². The fourth-order valence-corrected chi connectivity index (χ4v) is 1.02. The van der Waals surface area contributed by atoms with E-state index in [1.54, 1.807) is 0 Å². The zero-order valence-electron chi connectivity index (χ0n) is 6.54. The van der Waals surface area contributed by atoms with Crippen LogP contribution in [0.3, 0.4) is 0 Å². The van der Waals surface area contributed by atoms with Gasteiger partial charge < -0.3 is 4.55 Å². The summed E-state index contributed by atoms with van der Waals surface area (Å²) in [5.74, 6) is 0. The fourth-order valence-electron chi connectivity index (χ4n) is 0.495. The molecule has 3 heteroatoms. The Labute approximate surface area is 80.2 Å². The minimum atomic E-state index is 0.757. The SMILES string of the molecule is CC.OSc1ccc(Br)cc1. The largest absolute Gasteiger partial charge is 0.325 e. The Kier molecular flexibility index (Phi) is 6.71. The molecule has 0 fully saturated rings. The predicted octanol–water partition coefficient (Wildman–Crippen LogP) is 4.04. The van der Waals surface area contributed by atoms with Crippen molar-refractivity contribution < 1.29 is 4.55 Å². The van der Waals surface area contributed by atoms with Crippen LogP contribution in [0, 0.1) is 0 Å². The Morgan fingerprint density at radius 3 is 2.00 bits per heavy atom. The van der Waals surface area contributed by atoms with Crippen LogP contribution in [0.4, 0.5) is 0 Å². The summed E-state index contributed by atoms with van der Waals surface area (Å²) in [5, 5.41) is 0. The molecule has 1 aromatic rings. The summed E-state index contributed by atoms with van der Waals surface area (Å²) in [6.07, 6.45) is 0. The lowest BCUT2D eigenvalue weighted by Crippen LogP contribution is -1.66. The van der Waals surface area contributed by atoms with Crippen LogP contribution in [0.5, 0.6) is 0 Å². The number of halogens is 1. The van der Waals surface area contributed by atoms with Crippen molar-refractivity contribution in [2.45, 2.75) is 18.7 Å². The van der Waals surface area contributed by atoms with Gasteiger partial charge in [0.2, 0.25) is 0 Å². The molecule has 0 unspecified atom stereocenters. The molecule has 1 N–H and O–H groups in total. The van der Waals surface area contributed by atoms with Crippen LogP contribution in [-0.4, -0.2) is 4.55 Å². The van der Waals surface area contributed by atoms with Crippen molar-refractivity contribution in [3.05, 3.63) is 28.7 Å². The molecule has 1 rings (SSSR count). The Bertz CT molecular complexity index is 186. The Morgan fingerprint density at radius 1 is 1.18 bits per heavy atom. The smallest absolute Gasteiger partial charge is 0.0351 e. The van der Waals surface area contributed by atoms with E-state index in [-0.39, 0.29) is 0 Å². The summed E-state index contributed by atoms with van der Waals surface area (Å²) in [5.41, 5.74) is 0. The highest BCUT2D eigenvalue weighted by Gasteiger charge is 1.88. The van der Waals surface area contributed by atoms with Gasteiger partial charge in [-0.25, -0.2) is 0 Å². The molecule has 0 bridgehead atoms. The third kappa shape index (κ3) is 4.45. The highest BCUT2D eigenvalue weighted by atomic mass is 79.9. The van der Waals surface area contributed by atoms with E-state index in [4.69, 9.17) is 4.55 Å². The molecular formula is C8H11BrOS. The van der Waals surface area contributed by atoms with E-state index in [1.807, 2.05) is 38.1 Å². The number of hydrogen-bond donors (Lipinski definition) is 1. The van der Waals surface area contributed by atoms with Gasteiger partial charge in [0.15, 0.2) is 0 Å². The molecule has 0 aliphatic heterocycles. The first kappa shape index (κ1) is 11.0. The Morgan fingerprint density at radius 2 is 1.64 bits per heavy atom. The highest BCUT2D eigenvalue weighted by Crippen LogP contribution is 2.17. The minimum absolute atomic E-state index is 0.757. The van der Waals surface area contributed by atoms with Crippen LogP contribution in [0.2, 0.25) is 0 Å². The molecule has 1 nitrogen and oxygen atoms in total. The summed E-state index contributed by atoms with van der Waals surface area (Å²) in [6.45, 7) is 4.00. The van der Waals surface area contributed by atoms with Gasteiger partial charge in [0.05, 0.1) is 0 Å². The molecule has 11 heavy (non-hydrogen) atoms. The summed E-state index contributed by atoms with van der Waals surface area (Å²) < 4.78 is 9.56. The van der Waals surface area contributed by atoms with Crippen LogP contribution in [-0.2, 0) is 0 Å². The lowest BCUT2D eigenvalue weighted by molar-refractivity contribution is 0.664. The first-order chi connectivity index (χ1) is 5.33. The van der Waals surface area contributed by atoms with Gasteiger partial charge in [-0.05, 0) is 24.3 Å². The van der Waals surface area contributed by atoms with E-state index in [9.17, 15) is 0 Å². The van der Waals surface area contributed by atoms with Crippen molar-refractivity contribution in [3.8, 4) is 0 Å². The maximum atomic E-state index is 8.53. The van der Waals surface area contributed by atoms with Crippen molar-refractivity contribution in [2.24, 2.45) is 0 Å². The maximum absolute atomic E-state index is 8.53. The highest BCUT2D eigenvalue weighted by molar-refractivity contribution is 9.10. The molecule has 0 spiro atoms. The zero-order valence-corrected chi connectivity index (χ0v) is 8.95. The molecule has 62 valence electrons. The second-order valence-electron chi connectivity index (χ2n) is 1.55. The van der Waals surface area contributed by atoms with E-state index < -0.39 is 0 Å². The van der Waals surface area contributed by atoms with Gasteiger partial charge in [-0.15, -0.1) is 0 Å². The van der Waals surface area contributed by atoms with Crippen LogP contribution in [0.25, 0.3) is 0 Å². The average molecular weight is 235 g/mol. The molecule has 0 saturated heterocycles. The molecule has 0 amide bonds. The summed E-state index contributed by atoms with van der Waals surface area (Å²) in [4.78, 5) is 0.859. The average Bonchev–Trinajstić information content (AvgIpc) is 2.10. The molecule has 1 aromatic carbocycles. The Hall–Kier alpha value is 0.01000. The second-order valence-corrected chi connectivity index (χ2v) is 3.11. The minimum Gasteiger partial charge on any atom is -0.325 e. The van der Waals surface area contributed by atoms with Crippen LogP contribution in [0.1, 0.15) is 13.8 Å². The lowest BCUT2D eigenvalue weighted by Gasteiger charge is -1.91. The summed E-state index contributed by atoms with van der Waals surface area (Å²) >= 11 is 4.04. The first-order valence-corrected chi connectivity index (χ1v) is 4.96. The summed E-state index contributed by atoms with van der Waals surface area (Å²) in [7, 11) is 0. The van der Waals surface area contributed by atoms with Crippen molar-refractivity contribution in [1.82, 2.24) is 0 Å². The fraction of sp³-hybridized carbons (Fsp3) is 0.250. The van der Waals surface area contributed by atoms with E-state index in [0.717, 1.165) is 21.4 Å². The first-order valence-electron chi connectivity index (χ1n) is 3.40. The molecule has 0 radical (unpaired) electrons. The van der Waals surface area contributed by atoms with Crippen molar-refractivity contribution in [1.29, 1.82) is 0 Å². The van der Waals surface area contributed by atoms with E-state index in [2.05, 4.69) is 15.9 Å². The number of hydrogen-bond acceptors (Lipinski definition) is 2. The van der Waals surface area contributed by atoms with Gasteiger partial charge in [-0.3, -0.25) is 0 Å². The topological polar surface area (TPSA) is 20.2 Å². The number of rotatable bonds is 1. The summed E-state index contributed by atoms with van der Waals surface area (Å²) in [6, 6.07) is 7.46.